The van der Waals surface area contributed by atoms with Gasteiger partial charge < -0.3 is 26.4 Å². The monoisotopic (exact) mass is 471 g/mol. The summed E-state index contributed by atoms with van der Waals surface area (Å²) in [5, 5.41) is 2.70. The van der Waals surface area contributed by atoms with Gasteiger partial charge in [0.2, 0.25) is 5.91 Å². The van der Waals surface area contributed by atoms with Gasteiger partial charge in [0.15, 0.2) is 5.69 Å². The van der Waals surface area contributed by atoms with Gasteiger partial charge in [-0.3, -0.25) is 14.4 Å². The van der Waals surface area contributed by atoms with Crippen LogP contribution in [0.4, 0.5) is 10.1 Å². The maximum Gasteiger partial charge on any atom is 0.270 e. The number of nitrogens with zero attached hydrogens (tertiary/aromatic N) is 2. The first kappa shape index (κ1) is 23.7. The summed E-state index contributed by atoms with van der Waals surface area (Å²) in [5.74, 6) is -1.64. The number of ether oxygens (including phenoxy) is 1. The molecule has 1 heterocycles. The van der Waals surface area contributed by atoms with E-state index in [1.165, 1.54) is 24.1 Å². The quantitative estimate of drug-likeness (QED) is 0.436. The topological polar surface area (TPSA) is 141 Å². The molecule has 1 aromatic heterocycles. The molecule has 0 aliphatic rings. The molecule has 0 bridgehead atoms. The molecule has 33 heavy (non-hydrogen) atoms. The molecule has 0 aliphatic carbocycles. The molecule has 0 saturated heterocycles. The van der Waals surface area contributed by atoms with Crippen LogP contribution >= 0.6 is 11.5 Å². The van der Waals surface area contributed by atoms with Gasteiger partial charge in [0.25, 0.3) is 11.8 Å². The molecule has 2 aromatic carbocycles. The van der Waals surface area contributed by atoms with Gasteiger partial charge in [0.05, 0.1) is 12.8 Å². The summed E-state index contributed by atoms with van der Waals surface area (Å²) in [6.45, 7) is -0.0570. The molecule has 0 aliphatic heterocycles. The van der Waals surface area contributed by atoms with Gasteiger partial charge >= 0.3 is 0 Å². The van der Waals surface area contributed by atoms with E-state index in [1.54, 1.807) is 36.4 Å². The van der Waals surface area contributed by atoms with Gasteiger partial charge in [-0.1, -0.05) is 24.3 Å². The first-order valence-electron chi connectivity index (χ1n) is 9.76. The Balaban J connectivity index is 1.79. The Morgan fingerprint density at radius 1 is 1.15 bits per heavy atom. The third-order valence-electron chi connectivity index (χ3n) is 4.69. The zero-order valence-corrected chi connectivity index (χ0v) is 18.5. The Bertz CT molecular complexity index is 1170. The second-order valence-electron chi connectivity index (χ2n) is 7.05. The van der Waals surface area contributed by atoms with E-state index in [2.05, 4.69) is 9.69 Å². The number of hydrogen-bond donors (Lipinski definition) is 3. The van der Waals surface area contributed by atoms with Gasteiger partial charge in [0, 0.05) is 13.1 Å². The zero-order chi connectivity index (χ0) is 24.0. The largest absolute Gasteiger partial charge is 0.497 e. The fraction of sp³-hybridized carbons (Fsp3) is 0.182. The lowest BCUT2D eigenvalue weighted by molar-refractivity contribution is -0.122. The average Bonchev–Trinajstić information content (AvgIpc) is 3.19. The summed E-state index contributed by atoms with van der Waals surface area (Å²) in [5.41, 5.74) is 12.3. The summed E-state index contributed by atoms with van der Waals surface area (Å²) in [6, 6.07) is 12.7. The summed E-state index contributed by atoms with van der Waals surface area (Å²) in [4.78, 5) is 38.6. The van der Waals surface area contributed by atoms with E-state index in [0.717, 1.165) is 11.5 Å². The highest BCUT2D eigenvalue weighted by molar-refractivity contribution is 7.09. The predicted molar refractivity (Wildman–Crippen MR) is 121 cm³/mol. The van der Waals surface area contributed by atoms with Crippen LogP contribution in [0.15, 0.2) is 48.5 Å². The minimum Gasteiger partial charge on any atom is -0.497 e. The van der Waals surface area contributed by atoms with Gasteiger partial charge in [-0.25, -0.2) is 4.39 Å². The van der Waals surface area contributed by atoms with Gasteiger partial charge in [-0.15, -0.1) is 0 Å². The third kappa shape index (κ3) is 6.04. The number of carbonyl (C=O) groups excluding carboxylic acids is 3. The number of halogens is 1. The first-order valence-corrected chi connectivity index (χ1v) is 10.5. The lowest BCUT2D eigenvalue weighted by atomic mass is 10.2. The Kier molecular flexibility index (Phi) is 7.57. The van der Waals surface area contributed by atoms with Crippen LogP contribution in [0.25, 0.3) is 0 Å². The number of aromatic nitrogens is 1. The van der Waals surface area contributed by atoms with Crippen molar-refractivity contribution in [3.05, 3.63) is 76.0 Å². The second kappa shape index (κ2) is 10.6. The molecule has 0 atom stereocenters. The third-order valence-corrected chi connectivity index (χ3v) is 5.54. The number of hydrogen-bond acceptors (Lipinski definition) is 7. The minimum absolute atomic E-state index is 0.0121. The molecule has 3 amide bonds. The van der Waals surface area contributed by atoms with Crippen molar-refractivity contribution in [2.24, 2.45) is 5.73 Å². The maximum atomic E-state index is 13.2. The number of carbonyl (C=O) groups is 3. The van der Waals surface area contributed by atoms with E-state index in [9.17, 15) is 18.8 Å². The van der Waals surface area contributed by atoms with Crippen molar-refractivity contribution in [2.75, 3.05) is 19.4 Å². The number of nitrogens with one attached hydrogen (secondary N) is 1. The van der Waals surface area contributed by atoms with Crippen molar-refractivity contribution in [3.63, 3.8) is 0 Å². The van der Waals surface area contributed by atoms with E-state index >= 15 is 0 Å². The van der Waals surface area contributed by atoms with E-state index < -0.39 is 17.7 Å². The summed E-state index contributed by atoms with van der Waals surface area (Å²) in [6.07, 6.45) is 0. The van der Waals surface area contributed by atoms with Crippen molar-refractivity contribution in [1.82, 2.24) is 14.6 Å². The smallest absolute Gasteiger partial charge is 0.270 e. The fourth-order valence-corrected chi connectivity index (χ4v) is 3.77. The zero-order valence-electron chi connectivity index (χ0n) is 17.7. The minimum atomic E-state index is -0.848. The molecular formula is C22H22FN5O4S. The van der Waals surface area contributed by atoms with Gasteiger partial charge in [0.1, 0.15) is 23.0 Å². The Labute approximate surface area is 193 Å². The van der Waals surface area contributed by atoms with Crippen LogP contribution in [0.1, 0.15) is 31.3 Å². The normalized spacial score (nSPS) is 10.5. The van der Waals surface area contributed by atoms with Crippen molar-refractivity contribution < 1.29 is 23.5 Å². The highest BCUT2D eigenvalue weighted by atomic mass is 32.1. The summed E-state index contributed by atoms with van der Waals surface area (Å²) < 4.78 is 22.1. The molecule has 0 radical (unpaired) electrons. The van der Waals surface area contributed by atoms with Crippen LogP contribution in [0, 0.1) is 5.82 Å². The van der Waals surface area contributed by atoms with Crippen LogP contribution in [-0.4, -0.2) is 40.6 Å². The Morgan fingerprint density at radius 2 is 1.88 bits per heavy atom. The van der Waals surface area contributed by atoms with Gasteiger partial charge in [-0.05, 0) is 46.9 Å². The summed E-state index contributed by atoms with van der Waals surface area (Å²) >= 11 is 0.739. The van der Waals surface area contributed by atoms with E-state index in [1.807, 2.05) is 0 Å². The van der Waals surface area contributed by atoms with Crippen molar-refractivity contribution in [1.29, 1.82) is 0 Å². The number of methoxy groups -OCH3 is 1. The number of benzene rings is 2. The first-order chi connectivity index (χ1) is 15.8. The van der Waals surface area contributed by atoms with E-state index in [0.29, 0.717) is 16.9 Å². The van der Waals surface area contributed by atoms with Crippen LogP contribution in [0.2, 0.25) is 0 Å². The number of nitrogen functional groups attached to an aromatic ring is 1. The van der Waals surface area contributed by atoms with Crippen molar-refractivity contribution >= 4 is 34.9 Å². The van der Waals surface area contributed by atoms with Gasteiger partial charge in [-0.2, -0.15) is 4.37 Å². The Hall–Kier alpha value is -3.99. The van der Waals surface area contributed by atoms with Crippen LogP contribution in [0.3, 0.4) is 0 Å². The summed E-state index contributed by atoms with van der Waals surface area (Å²) in [7, 11) is 1.52. The Morgan fingerprint density at radius 3 is 2.52 bits per heavy atom. The predicted octanol–water partition coefficient (Wildman–Crippen LogP) is 1.93. The number of rotatable bonds is 9. The average molecular weight is 472 g/mol. The molecule has 0 spiro atoms. The lowest BCUT2D eigenvalue weighted by Crippen LogP contribution is -2.40. The molecular weight excluding hydrogens is 449 g/mol. The van der Waals surface area contributed by atoms with Crippen molar-refractivity contribution in [3.8, 4) is 5.75 Å². The molecule has 5 N–H and O–H groups in total. The van der Waals surface area contributed by atoms with Crippen LogP contribution in [-0.2, 0) is 17.9 Å². The van der Waals surface area contributed by atoms with E-state index in [-0.39, 0.29) is 41.7 Å². The molecule has 0 unspecified atom stereocenters. The standard InChI is InChI=1S/C22H22FN5O4S/c1-32-16-4-2-3-14(9-16)11-28(22(31)20-18(24)19(21(25)30)27-33-20)12-17(29)26-10-13-5-7-15(23)8-6-13/h2-9H,10-12,24H2,1H3,(H2,25,30)(H,26,29). The molecule has 0 saturated carbocycles. The molecule has 3 aromatic rings. The lowest BCUT2D eigenvalue weighted by Gasteiger charge is -2.22. The number of primary amides is 1. The maximum absolute atomic E-state index is 13.2. The fourth-order valence-electron chi connectivity index (χ4n) is 3.00. The van der Waals surface area contributed by atoms with Crippen LogP contribution in [0.5, 0.6) is 5.75 Å². The molecule has 0 fully saturated rings. The SMILES string of the molecule is COc1cccc(CN(CC(=O)NCc2ccc(F)cc2)C(=O)c2snc(C(N)=O)c2N)c1. The highest BCUT2D eigenvalue weighted by Gasteiger charge is 2.26. The highest BCUT2D eigenvalue weighted by Crippen LogP contribution is 2.24. The molecule has 172 valence electrons. The number of amides is 3. The second-order valence-corrected chi connectivity index (χ2v) is 7.83. The van der Waals surface area contributed by atoms with E-state index in [4.69, 9.17) is 16.2 Å². The number of anilines is 1. The molecule has 9 nitrogen and oxygen atoms in total. The van der Waals surface area contributed by atoms with Crippen LogP contribution < -0.4 is 21.5 Å². The molecule has 3 rings (SSSR count). The number of nitrogens with two attached hydrogens (primary N) is 2. The van der Waals surface area contributed by atoms with Crippen molar-refractivity contribution in [2.45, 2.75) is 13.1 Å². The molecule has 11 heteroatoms.